The number of rotatable bonds is 2. The van der Waals surface area contributed by atoms with E-state index in [0.29, 0.717) is 0 Å². The Kier molecular flexibility index (Phi) is 17.0. The standard InChI is InChI=1S/CH2O3.2Cr.K.H3N.2H2O.5O/c2-1(3)4;;;;;;;;;;;/h(H2,2,3,4);;;;1H3;2*1H2;;;;;/q;3*+1;;;;;;;;/p-3. The third-order valence-corrected chi connectivity index (χ3v) is 2.92. The molecule has 15 heavy (non-hydrogen) atoms. The van der Waals surface area contributed by atoms with Crippen molar-refractivity contribution >= 4 is 6.16 Å². The van der Waals surface area contributed by atoms with E-state index in [1.54, 1.807) is 0 Å². The predicted molar refractivity (Wildman–Crippen MR) is 19.6 cm³/mol. The molecule has 0 unspecified atom stereocenters. The Morgan fingerprint density at radius 1 is 1.00 bits per heavy atom. The van der Waals surface area contributed by atoms with Gasteiger partial charge >= 0.3 is 105 Å². The van der Waals surface area contributed by atoms with Gasteiger partial charge in [0, 0.05) is 0 Å². The van der Waals surface area contributed by atoms with Crippen molar-refractivity contribution in [1.82, 2.24) is 6.15 Å². The molecule has 0 saturated carbocycles. The molecule has 0 aromatic carbocycles. The van der Waals surface area contributed by atoms with Gasteiger partial charge in [-0.15, -0.1) is 0 Å². The van der Waals surface area contributed by atoms with Crippen molar-refractivity contribution in [2.24, 2.45) is 0 Å². The molecule has 0 bridgehead atoms. The number of carboxylic acid groups (broad SMARTS) is 2. The molecule has 0 aromatic heterocycles. The summed E-state index contributed by atoms with van der Waals surface area (Å²) in [7, 11) is 0. The van der Waals surface area contributed by atoms with Gasteiger partial charge in [0.2, 0.25) is 0 Å². The van der Waals surface area contributed by atoms with Crippen LogP contribution < -0.4 is 67.7 Å². The molecule has 0 radical (unpaired) electrons. The van der Waals surface area contributed by atoms with Crippen molar-refractivity contribution in [1.29, 1.82) is 0 Å². The summed E-state index contributed by atoms with van der Waals surface area (Å²) in [5.41, 5.74) is 0. The van der Waals surface area contributed by atoms with Crippen molar-refractivity contribution < 1.29 is 120 Å². The molecule has 0 saturated heterocycles. The molecule has 0 atom stereocenters. The maximum absolute atomic E-state index is 9.53. The van der Waals surface area contributed by atoms with Gasteiger partial charge in [-0.3, -0.25) is 0 Å². The van der Waals surface area contributed by atoms with Gasteiger partial charge in [-0.25, -0.2) is 0 Å². The van der Waals surface area contributed by atoms with Crippen molar-refractivity contribution in [3.8, 4) is 0 Å². The zero-order chi connectivity index (χ0) is 11.3. The Balaban J connectivity index is -0.0000000883. The van der Waals surface area contributed by atoms with Crippen LogP contribution in [0.15, 0.2) is 0 Å². The molecule has 0 aromatic rings. The molecule has 0 spiro atoms. The van der Waals surface area contributed by atoms with Gasteiger partial charge in [0.1, 0.15) is 0 Å². The number of carbonyl (C=O) groups is 1. The molecule has 88 valence electrons. The SMILES string of the molecule is O=C([O-])[O-].[K+].[NH4+].[O]=[Cr](=[O])([OH])[O][Cr](=[O])(=[O])[OH]. The van der Waals surface area contributed by atoms with E-state index in [-0.39, 0.29) is 57.5 Å². The van der Waals surface area contributed by atoms with Gasteiger partial charge in [-0.2, -0.15) is 0 Å². The quantitative estimate of drug-likeness (QED) is 0.405. The molecule has 0 aliphatic rings. The average molecular weight is 335 g/mol. The first kappa shape index (κ1) is 25.0. The van der Waals surface area contributed by atoms with Gasteiger partial charge in [0.15, 0.2) is 0 Å². The van der Waals surface area contributed by atoms with Crippen LogP contribution in [0.4, 0.5) is 4.79 Å². The van der Waals surface area contributed by atoms with Gasteiger partial charge in [-0.1, -0.05) is 0 Å². The molecule has 0 aliphatic carbocycles. The Hall–Kier alpha value is 1.01. The van der Waals surface area contributed by atoms with Crippen LogP contribution in [0.1, 0.15) is 0 Å². The average Bonchev–Trinajstić information content (AvgIpc) is 1.47. The van der Waals surface area contributed by atoms with Crippen molar-refractivity contribution in [3.63, 3.8) is 0 Å². The van der Waals surface area contributed by atoms with E-state index in [2.05, 4.69) is 2.84 Å². The number of hydrogen-bond acceptors (Lipinski definition) is 8. The molecule has 0 fully saturated rings. The fourth-order valence-electron chi connectivity index (χ4n) is 0.109. The van der Waals surface area contributed by atoms with E-state index < -0.39 is 33.4 Å². The van der Waals surface area contributed by atoms with Crippen molar-refractivity contribution in [2.75, 3.05) is 0 Å². The normalized spacial score (nSPS) is 9.73. The summed E-state index contributed by atoms with van der Waals surface area (Å²) < 4.78 is 56.3. The van der Waals surface area contributed by atoms with Gasteiger partial charge in [-0.05, 0) is 6.16 Å². The van der Waals surface area contributed by atoms with Crippen LogP contribution in [0.25, 0.3) is 0 Å². The van der Waals surface area contributed by atoms with E-state index in [1.165, 1.54) is 0 Å². The Labute approximate surface area is 130 Å². The van der Waals surface area contributed by atoms with E-state index in [0.717, 1.165) is 0 Å². The Morgan fingerprint density at radius 3 is 1.13 bits per heavy atom. The van der Waals surface area contributed by atoms with E-state index in [4.69, 9.17) is 23.3 Å². The van der Waals surface area contributed by atoms with Crippen LogP contribution in [0.5, 0.6) is 0 Å². The Morgan fingerprint density at radius 2 is 1.13 bits per heavy atom. The molecule has 14 heteroatoms. The van der Waals surface area contributed by atoms with E-state index in [1.807, 2.05) is 0 Å². The second kappa shape index (κ2) is 10.2. The van der Waals surface area contributed by atoms with Crippen molar-refractivity contribution in [3.05, 3.63) is 0 Å². The number of quaternary nitrogens is 1. The monoisotopic (exact) mass is 335 g/mol. The molecule has 0 aliphatic heterocycles. The zero-order valence-corrected chi connectivity index (χ0v) is 13.2. The molecule has 11 nitrogen and oxygen atoms in total. The zero-order valence-electron chi connectivity index (χ0n) is 7.48. The Bertz CT molecular complexity index is 319. The first-order valence-electron chi connectivity index (χ1n) is 1.98. The maximum atomic E-state index is 9.53. The van der Waals surface area contributed by atoms with Crippen LogP contribution in [0, 0.1) is 0 Å². The number of hydrogen-bond donors (Lipinski definition) is 3. The van der Waals surface area contributed by atoms with Gasteiger partial charge in [0.25, 0.3) is 0 Å². The van der Waals surface area contributed by atoms with Crippen LogP contribution in [-0.2, 0) is 45.3 Å². The minimum absolute atomic E-state index is 0. The topological polar surface area (TPSA) is 218 Å². The first-order chi connectivity index (χ1) is 5.44. The van der Waals surface area contributed by atoms with E-state index in [9.17, 15) is 15.2 Å². The molecule has 0 rings (SSSR count). The second-order valence-corrected chi connectivity index (χ2v) is 4.93. The van der Waals surface area contributed by atoms with Crippen LogP contribution in [0.3, 0.4) is 0 Å². The first-order valence-corrected chi connectivity index (χ1v) is 6.24. The summed E-state index contributed by atoms with van der Waals surface area (Å²) in [5.74, 6) is 0. The fourth-order valence-corrected chi connectivity index (χ4v) is 1.85. The summed E-state index contributed by atoms with van der Waals surface area (Å²) >= 11 is -11.5. The molecular weight excluding hydrogens is 329 g/mol. The second-order valence-electron chi connectivity index (χ2n) is 1.17. The molecular formula is CH6Cr2KNO10. The molecule has 0 heterocycles. The van der Waals surface area contributed by atoms with Crippen molar-refractivity contribution in [2.45, 2.75) is 0 Å². The summed E-state index contributed by atoms with van der Waals surface area (Å²) in [4.78, 5) is 8.33. The minimum atomic E-state index is -5.76. The van der Waals surface area contributed by atoms with Crippen LogP contribution >= 0.6 is 0 Å². The predicted octanol–water partition coefficient (Wildman–Crippen LogP) is -6.73. The fraction of sp³-hybridized carbons (Fsp3) is 0. The van der Waals surface area contributed by atoms with Gasteiger partial charge < -0.3 is 21.2 Å². The third kappa shape index (κ3) is 51.7. The van der Waals surface area contributed by atoms with Crippen LogP contribution in [0.2, 0.25) is 0 Å². The van der Waals surface area contributed by atoms with Crippen LogP contribution in [-0.4, -0.2) is 14.5 Å². The van der Waals surface area contributed by atoms with E-state index >= 15 is 0 Å². The molecule has 6 N–H and O–H groups in total. The van der Waals surface area contributed by atoms with Gasteiger partial charge in [0.05, 0.1) is 0 Å². The summed E-state index contributed by atoms with van der Waals surface area (Å²) in [5, 5.41) is 16.7. The molecule has 0 amide bonds. The summed E-state index contributed by atoms with van der Waals surface area (Å²) in [6.45, 7) is 0. The number of carbonyl (C=O) groups excluding carboxylic acids is 1. The summed E-state index contributed by atoms with van der Waals surface area (Å²) in [6.07, 6.45) is -2.33. The summed E-state index contributed by atoms with van der Waals surface area (Å²) in [6, 6.07) is 0. The third-order valence-electron chi connectivity index (χ3n) is 0.172.